The first-order chi connectivity index (χ1) is 11.4. The van der Waals surface area contributed by atoms with Gasteiger partial charge >= 0.3 is 0 Å². The number of alkyl halides is 2. The van der Waals surface area contributed by atoms with Gasteiger partial charge in [-0.2, -0.15) is 0 Å². The van der Waals surface area contributed by atoms with Gasteiger partial charge in [-0.15, -0.1) is 0 Å². The average Bonchev–Trinajstić information content (AvgIpc) is 2.54. The number of allylic oxidation sites excluding steroid dienone is 2. The molecule has 0 unspecified atom stereocenters. The van der Waals surface area contributed by atoms with Crippen LogP contribution in [0.3, 0.4) is 0 Å². The zero-order chi connectivity index (χ0) is 17.7. The van der Waals surface area contributed by atoms with Gasteiger partial charge < -0.3 is 5.32 Å². The van der Waals surface area contributed by atoms with Crippen LogP contribution in [0.4, 0.5) is 14.5 Å². The summed E-state index contributed by atoms with van der Waals surface area (Å²) in [5.74, 6) is -0.163. The van der Waals surface area contributed by atoms with Crippen molar-refractivity contribution in [1.29, 1.82) is 0 Å². The second-order valence-electron chi connectivity index (χ2n) is 5.98. The van der Waals surface area contributed by atoms with E-state index in [-0.39, 0.29) is 11.1 Å². The van der Waals surface area contributed by atoms with E-state index in [2.05, 4.69) is 25.2 Å². The van der Waals surface area contributed by atoms with Crippen LogP contribution in [0.1, 0.15) is 48.7 Å². The zero-order valence-corrected chi connectivity index (χ0v) is 14.0. The summed E-state index contributed by atoms with van der Waals surface area (Å²) >= 11 is 0. The van der Waals surface area contributed by atoms with Crippen molar-refractivity contribution in [3.8, 4) is 0 Å². The van der Waals surface area contributed by atoms with Crippen LogP contribution in [0.25, 0.3) is 5.57 Å². The molecular formula is C20H21F2NO. The Hall–Kier alpha value is -2.49. The molecule has 4 heteroatoms. The minimum Gasteiger partial charge on any atom is -0.321 e. The highest BCUT2D eigenvalue weighted by Gasteiger charge is 2.18. The first kappa shape index (κ1) is 17.9. The average molecular weight is 329 g/mol. The van der Waals surface area contributed by atoms with Crippen molar-refractivity contribution in [1.82, 2.24) is 0 Å². The lowest BCUT2D eigenvalue weighted by molar-refractivity contribution is 0.101. The molecule has 0 bridgehead atoms. The number of amides is 1. The SMILES string of the molecule is C/C(=C\C(C)C)c1ccccc1NC(=O)c1ccccc1C(F)F. The molecule has 24 heavy (non-hydrogen) atoms. The van der Waals surface area contributed by atoms with E-state index in [1.54, 1.807) is 18.2 Å². The molecule has 0 spiro atoms. The molecule has 0 aromatic heterocycles. The van der Waals surface area contributed by atoms with Gasteiger partial charge in [-0.3, -0.25) is 4.79 Å². The molecule has 1 amide bonds. The molecule has 0 aliphatic rings. The fourth-order valence-corrected chi connectivity index (χ4v) is 2.61. The van der Waals surface area contributed by atoms with Crippen molar-refractivity contribution in [3.63, 3.8) is 0 Å². The summed E-state index contributed by atoms with van der Waals surface area (Å²) in [7, 11) is 0. The van der Waals surface area contributed by atoms with Crippen LogP contribution in [0, 0.1) is 5.92 Å². The Morgan fingerprint density at radius 2 is 1.58 bits per heavy atom. The molecule has 0 radical (unpaired) electrons. The number of nitrogens with one attached hydrogen (secondary N) is 1. The van der Waals surface area contributed by atoms with Gasteiger partial charge in [0, 0.05) is 22.4 Å². The number of benzene rings is 2. The Labute approximate surface area is 141 Å². The Balaban J connectivity index is 2.34. The predicted octanol–water partition coefficient (Wildman–Crippen LogP) is 5.94. The maximum Gasteiger partial charge on any atom is 0.264 e. The molecule has 2 aromatic carbocycles. The number of anilines is 1. The van der Waals surface area contributed by atoms with Crippen molar-refractivity contribution >= 4 is 17.2 Å². The van der Waals surface area contributed by atoms with E-state index in [0.29, 0.717) is 11.6 Å². The number of hydrogen-bond acceptors (Lipinski definition) is 1. The molecule has 2 rings (SSSR count). The van der Waals surface area contributed by atoms with Crippen LogP contribution in [-0.4, -0.2) is 5.91 Å². The van der Waals surface area contributed by atoms with Crippen LogP contribution in [0.15, 0.2) is 54.6 Å². The molecule has 126 valence electrons. The minimum absolute atomic E-state index is 0.00667. The van der Waals surface area contributed by atoms with E-state index >= 15 is 0 Å². The van der Waals surface area contributed by atoms with E-state index in [0.717, 1.165) is 11.1 Å². The van der Waals surface area contributed by atoms with Crippen molar-refractivity contribution in [2.75, 3.05) is 5.32 Å². The Morgan fingerprint density at radius 3 is 2.21 bits per heavy atom. The highest BCUT2D eigenvalue weighted by Crippen LogP contribution is 2.27. The van der Waals surface area contributed by atoms with Gasteiger partial charge in [0.2, 0.25) is 0 Å². The van der Waals surface area contributed by atoms with Crippen molar-refractivity contribution in [2.24, 2.45) is 5.92 Å². The third kappa shape index (κ3) is 4.28. The lowest BCUT2D eigenvalue weighted by atomic mass is 10.0. The van der Waals surface area contributed by atoms with Crippen molar-refractivity contribution < 1.29 is 13.6 Å². The Bertz CT molecular complexity index is 751. The number of halogens is 2. The minimum atomic E-state index is -2.69. The Morgan fingerprint density at radius 1 is 1.00 bits per heavy atom. The van der Waals surface area contributed by atoms with Crippen LogP contribution in [0.2, 0.25) is 0 Å². The van der Waals surface area contributed by atoms with Gasteiger partial charge in [0.05, 0.1) is 0 Å². The van der Waals surface area contributed by atoms with Gasteiger partial charge in [0.15, 0.2) is 0 Å². The summed E-state index contributed by atoms with van der Waals surface area (Å²) in [5, 5.41) is 2.76. The molecule has 0 fully saturated rings. The normalized spacial score (nSPS) is 11.9. The van der Waals surface area contributed by atoms with Crippen LogP contribution >= 0.6 is 0 Å². The second kappa shape index (κ2) is 7.86. The van der Waals surface area contributed by atoms with Gasteiger partial charge in [-0.25, -0.2) is 8.78 Å². The molecule has 0 heterocycles. The highest BCUT2D eigenvalue weighted by atomic mass is 19.3. The topological polar surface area (TPSA) is 29.1 Å². The van der Waals surface area contributed by atoms with E-state index < -0.39 is 12.3 Å². The van der Waals surface area contributed by atoms with Crippen LogP contribution in [-0.2, 0) is 0 Å². The molecular weight excluding hydrogens is 308 g/mol. The summed E-state index contributed by atoms with van der Waals surface area (Å²) in [4.78, 5) is 12.5. The molecule has 2 aromatic rings. The molecule has 0 aliphatic heterocycles. The third-order valence-electron chi connectivity index (χ3n) is 3.62. The van der Waals surface area contributed by atoms with E-state index in [4.69, 9.17) is 0 Å². The number of para-hydroxylation sites is 1. The zero-order valence-electron chi connectivity index (χ0n) is 14.0. The number of carbonyl (C=O) groups is 1. The molecule has 0 aliphatic carbocycles. The lowest BCUT2D eigenvalue weighted by Gasteiger charge is -2.14. The van der Waals surface area contributed by atoms with Gasteiger partial charge in [-0.1, -0.05) is 56.3 Å². The number of hydrogen-bond donors (Lipinski definition) is 1. The molecule has 0 saturated carbocycles. The maximum absolute atomic E-state index is 13.1. The fraction of sp³-hybridized carbons (Fsp3) is 0.250. The van der Waals surface area contributed by atoms with Gasteiger partial charge in [0.1, 0.15) is 0 Å². The summed E-state index contributed by atoms with van der Waals surface area (Å²) in [5.41, 5.74) is 2.26. The quantitative estimate of drug-likeness (QED) is 0.723. The number of carbonyl (C=O) groups excluding carboxylic acids is 1. The third-order valence-corrected chi connectivity index (χ3v) is 3.62. The maximum atomic E-state index is 13.1. The fourth-order valence-electron chi connectivity index (χ4n) is 2.61. The number of rotatable bonds is 5. The second-order valence-corrected chi connectivity index (χ2v) is 5.98. The van der Waals surface area contributed by atoms with E-state index in [9.17, 15) is 13.6 Å². The van der Waals surface area contributed by atoms with Gasteiger partial charge in [0.25, 0.3) is 12.3 Å². The van der Waals surface area contributed by atoms with Crippen molar-refractivity contribution in [2.45, 2.75) is 27.2 Å². The first-order valence-corrected chi connectivity index (χ1v) is 7.86. The monoisotopic (exact) mass is 329 g/mol. The molecule has 1 N–H and O–H groups in total. The molecule has 2 nitrogen and oxygen atoms in total. The summed E-state index contributed by atoms with van der Waals surface area (Å²) in [6.45, 7) is 6.12. The lowest BCUT2D eigenvalue weighted by Crippen LogP contribution is -2.15. The summed E-state index contributed by atoms with van der Waals surface area (Å²) < 4.78 is 26.2. The Kier molecular flexibility index (Phi) is 5.85. The predicted molar refractivity (Wildman–Crippen MR) is 94.3 cm³/mol. The summed E-state index contributed by atoms with van der Waals surface area (Å²) in [6, 6.07) is 13.1. The molecule has 0 saturated heterocycles. The summed E-state index contributed by atoms with van der Waals surface area (Å²) in [6.07, 6.45) is -0.595. The van der Waals surface area contributed by atoms with E-state index in [1.807, 2.05) is 19.1 Å². The smallest absolute Gasteiger partial charge is 0.264 e. The van der Waals surface area contributed by atoms with Crippen molar-refractivity contribution in [3.05, 3.63) is 71.3 Å². The van der Waals surface area contributed by atoms with Crippen LogP contribution < -0.4 is 5.32 Å². The standard InChI is InChI=1S/C20H21F2NO/c1-13(2)12-14(3)15-8-6-7-11-18(15)23-20(24)17-10-5-4-9-16(17)19(21)22/h4-13,19H,1-3H3,(H,23,24)/b14-12+. The van der Waals surface area contributed by atoms with Gasteiger partial charge in [-0.05, 0) is 30.5 Å². The first-order valence-electron chi connectivity index (χ1n) is 7.86. The van der Waals surface area contributed by atoms with E-state index in [1.165, 1.54) is 18.2 Å². The highest BCUT2D eigenvalue weighted by molar-refractivity contribution is 6.06. The largest absolute Gasteiger partial charge is 0.321 e. The van der Waals surface area contributed by atoms with Crippen LogP contribution in [0.5, 0.6) is 0 Å². The molecule has 0 atom stereocenters.